The van der Waals surface area contributed by atoms with Gasteiger partial charge in [-0.05, 0) is 23.8 Å². The summed E-state index contributed by atoms with van der Waals surface area (Å²) in [7, 11) is -1.60. The first-order valence-electron chi connectivity index (χ1n) is 10.2. The zero-order valence-corrected chi connectivity index (χ0v) is 19.8. The second-order valence-corrected chi connectivity index (χ2v) is 11.1. The lowest BCUT2D eigenvalue weighted by Gasteiger charge is -2.50. The average Bonchev–Trinajstić information content (AvgIpc) is 3.20. The maximum absolute atomic E-state index is 12.1. The molecule has 2 aromatic carbocycles. The third kappa shape index (κ3) is 3.52. The quantitative estimate of drug-likeness (QED) is 0.634. The van der Waals surface area contributed by atoms with Crippen LogP contribution < -0.4 is 9.47 Å². The summed E-state index contributed by atoms with van der Waals surface area (Å²) in [6, 6.07) is 14.1. The van der Waals surface area contributed by atoms with E-state index in [2.05, 4.69) is 39.1 Å². The van der Waals surface area contributed by atoms with Gasteiger partial charge in [-0.15, -0.1) is 0 Å². The minimum absolute atomic E-state index is 0.0160. The Hall–Kier alpha value is -2.10. The van der Waals surface area contributed by atoms with Gasteiger partial charge in [0.15, 0.2) is 11.5 Å². The fraction of sp³-hybridized carbons (Fsp3) is 0.409. The maximum Gasteiger partial charge on any atom is 0.211 e. The standard InChI is InChI=1S/C22H24BrN3O4S/c1-29-20-5-3-4-17-19-14-18(15-6-8-16(23)9-7-15)24-26(19)22(30-21(17)20)10-12-25(13-11-22)31(2,27)28/h3-9,19H,10-14H2,1-2H3. The van der Waals surface area contributed by atoms with E-state index in [-0.39, 0.29) is 6.04 Å². The number of para-hydroxylation sites is 1. The van der Waals surface area contributed by atoms with E-state index in [1.165, 1.54) is 10.6 Å². The number of hydrazone groups is 1. The number of piperidine rings is 1. The molecule has 0 aromatic heterocycles. The Kier molecular flexibility index (Phi) is 5.02. The van der Waals surface area contributed by atoms with Gasteiger partial charge in [-0.25, -0.2) is 17.7 Å². The molecule has 0 bridgehead atoms. The highest BCUT2D eigenvalue weighted by atomic mass is 79.9. The molecule has 1 unspecified atom stereocenters. The monoisotopic (exact) mass is 505 g/mol. The Bertz CT molecular complexity index is 1140. The van der Waals surface area contributed by atoms with E-state index in [0.29, 0.717) is 31.7 Å². The molecule has 3 aliphatic heterocycles. The summed E-state index contributed by atoms with van der Waals surface area (Å²) in [6.07, 6.45) is 3.08. The summed E-state index contributed by atoms with van der Waals surface area (Å²) < 4.78 is 38.9. The van der Waals surface area contributed by atoms with E-state index in [1.807, 2.05) is 24.3 Å². The SMILES string of the molecule is COc1cccc2c1OC1(CCN(S(C)(=O)=O)CC1)N1N=C(c3ccc(Br)cc3)CC21. The highest BCUT2D eigenvalue weighted by molar-refractivity contribution is 9.10. The van der Waals surface area contributed by atoms with Gasteiger partial charge < -0.3 is 9.47 Å². The van der Waals surface area contributed by atoms with Crippen LogP contribution in [0.25, 0.3) is 0 Å². The van der Waals surface area contributed by atoms with E-state index >= 15 is 0 Å². The van der Waals surface area contributed by atoms with Gasteiger partial charge in [0.2, 0.25) is 15.7 Å². The lowest BCUT2D eigenvalue weighted by Crippen LogP contribution is -2.59. The van der Waals surface area contributed by atoms with E-state index in [0.717, 1.165) is 33.5 Å². The van der Waals surface area contributed by atoms with Gasteiger partial charge in [-0.2, -0.15) is 5.10 Å². The number of benzene rings is 2. The largest absolute Gasteiger partial charge is 0.493 e. The Morgan fingerprint density at radius 1 is 1.16 bits per heavy atom. The summed E-state index contributed by atoms with van der Waals surface area (Å²) in [5.41, 5.74) is 2.42. The number of rotatable bonds is 3. The van der Waals surface area contributed by atoms with Crippen molar-refractivity contribution >= 4 is 31.7 Å². The van der Waals surface area contributed by atoms with E-state index in [9.17, 15) is 8.42 Å². The second kappa shape index (κ2) is 7.50. The van der Waals surface area contributed by atoms with Gasteiger partial charge in [-0.3, -0.25) is 0 Å². The van der Waals surface area contributed by atoms with Crippen LogP contribution in [0.3, 0.4) is 0 Å². The molecule has 0 N–H and O–H groups in total. The molecule has 3 aliphatic rings. The smallest absolute Gasteiger partial charge is 0.211 e. The van der Waals surface area contributed by atoms with Crippen molar-refractivity contribution in [2.75, 3.05) is 26.5 Å². The van der Waals surface area contributed by atoms with Gasteiger partial charge in [0.25, 0.3) is 0 Å². The third-order valence-electron chi connectivity index (χ3n) is 6.36. The number of methoxy groups -OCH3 is 1. The molecule has 1 saturated heterocycles. The molecule has 0 saturated carbocycles. The molecule has 31 heavy (non-hydrogen) atoms. The predicted molar refractivity (Wildman–Crippen MR) is 122 cm³/mol. The molecule has 1 fully saturated rings. The molecule has 3 heterocycles. The highest BCUT2D eigenvalue weighted by Gasteiger charge is 2.53. The number of hydrogen-bond acceptors (Lipinski definition) is 6. The number of sulfonamides is 1. The van der Waals surface area contributed by atoms with Crippen molar-refractivity contribution in [3.8, 4) is 11.5 Å². The zero-order valence-electron chi connectivity index (χ0n) is 17.4. The number of halogens is 1. The van der Waals surface area contributed by atoms with Gasteiger partial charge >= 0.3 is 0 Å². The molecule has 1 atom stereocenters. The summed E-state index contributed by atoms with van der Waals surface area (Å²) in [5.74, 6) is 1.44. The molecule has 164 valence electrons. The van der Waals surface area contributed by atoms with E-state index in [1.54, 1.807) is 7.11 Å². The number of ether oxygens (including phenoxy) is 2. The van der Waals surface area contributed by atoms with Crippen LogP contribution in [0.1, 0.15) is 36.4 Å². The van der Waals surface area contributed by atoms with Crippen LogP contribution in [0.15, 0.2) is 52.0 Å². The first kappa shape index (κ1) is 20.8. The summed E-state index contributed by atoms with van der Waals surface area (Å²) in [5, 5.41) is 7.10. The van der Waals surface area contributed by atoms with E-state index < -0.39 is 15.7 Å². The Balaban J connectivity index is 1.57. The van der Waals surface area contributed by atoms with Crippen molar-refractivity contribution in [1.29, 1.82) is 0 Å². The van der Waals surface area contributed by atoms with Gasteiger partial charge in [-0.1, -0.05) is 40.2 Å². The Morgan fingerprint density at radius 2 is 1.87 bits per heavy atom. The van der Waals surface area contributed by atoms with Crippen LogP contribution in [0.4, 0.5) is 0 Å². The van der Waals surface area contributed by atoms with Crippen molar-refractivity contribution in [2.45, 2.75) is 31.0 Å². The molecule has 0 aliphatic carbocycles. The zero-order chi connectivity index (χ0) is 21.8. The molecule has 0 amide bonds. The lowest BCUT2D eigenvalue weighted by molar-refractivity contribution is -0.144. The molecule has 1 spiro atoms. The molecule has 9 heteroatoms. The normalized spacial score (nSPS) is 22.5. The summed E-state index contributed by atoms with van der Waals surface area (Å²) in [4.78, 5) is 0. The third-order valence-corrected chi connectivity index (χ3v) is 8.19. The predicted octanol–water partition coefficient (Wildman–Crippen LogP) is 3.75. The minimum Gasteiger partial charge on any atom is -0.493 e. The van der Waals surface area contributed by atoms with Crippen molar-refractivity contribution in [3.05, 3.63) is 58.1 Å². The highest BCUT2D eigenvalue weighted by Crippen LogP contribution is 2.52. The fourth-order valence-corrected chi connectivity index (χ4v) is 5.86. The molecule has 7 nitrogen and oxygen atoms in total. The van der Waals surface area contributed by atoms with Crippen molar-refractivity contribution < 1.29 is 17.9 Å². The molecule has 2 aromatic rings. The first-order chi connectivity index (χ1) is 14.8. The summed E-state index contributed by atoms with van der Waals surface area (Å²) >= 11 is 3.49. The van der Waals surface area contributed by atoms with Gasteiger partial charge in [0.1, 0.15) is 0 Å². The number of fused-ring (bicyclic) bond motifs is 4. The first-order valence-corrected chi connectivity index (χ1v) is 12.9. The number of hydrogen-bond donors (Lipinski definition) is 0. The number of nitrogens with zero attached hydrogens (tertiary/aromatic N) is 3. The fourth-order valence-electron chi connectivity index (χ4n) is 4.75. The second-order valence-electron chi connectivity index (χ2n) is 8.21. The van der Waals surface area contributed by atoms with Crippen LogP contribution in [-0.4, -0.2) is 55.6 Å². The molecule has 5 rings (SSSR count). The van der Waals surface area contributed by atoms with Crippen molar-refractivity contribution in [1.82, 2.24) is 9.31 Å². The van der Waals surface area contributed by atoms with Crippen molar-refractivity contribution in [2.24, 2.45) is 5.10 Å². The van der Waals surface area contributed by atoms with Crippen LogP contribution in [0.5, 0.6) is 11.5 Å². The average molecular weight is 506 g/mol. The molecular weight excluding hydrogens is 482 g/mol. The Morgan fingerprint density at radius 3 is 2.52 bits per heavy atom. The van der Waals surface area contributed by atoms with E-state index in [4.69, 9.17) is 14.6 Å². The summed E-state index contributed by atoms with van der Waals surface area (Å²) in [6.45, 7) is 0.797. The van der Waals surface area contributed by atoms with Gasteiger partial charge in [0.05, 0.1) is 25.1 Å². The van der Waals surface area contributed by atoms with Crippen LogP contribution >= 0.6 is 15.9 Å². The topological polar surface area (TPSA) is 71.4 Å². The molecular formula is C22H24BrN3O4S. The Labute approximate surface area is 190 Å². The maximum atomic E-state index is 12.1. The van der Waals surface area contributed by atoms with Crippen LogP contribution in [0.2, 0.25) is 0 Å². The van der Waals surface area contributed by atoms with Gasteiger partial charge in [0, 0.05) is 42.4 Å². The van der Waals surface area contributed by atoms with Crippen LogP contribution in [-0.2, 0) is 10.0 Å². The van der Waals surface area contributed by atoms with Crippen molar-refractivity contribution in [3.63, 3.8) is 0 Å². The molecule has 0 radical (unpaired) electrons. The minimum atomic E-state index is -3.24. The van der Waals surface area contributed by atoms with Crippen LogP contribution in [0, 0.1) is 0 Å². The lowest BCUT2D eigenvalue weighted by atomic mass is 9.91.